The van der Waals surface area contributed by atoms with Gasteiger partial charge in [-0.2, -0.15) is 0 Å². The Balaban J connectivity index is 1.27. The van der Waals surface area contributed by atoms with E-state index in [1.807, 2.05) is 30.3 Å². The first kappa shape index (κ1) is 18.3. The molecule has 148 valence electrons. The zero-order chi connectivity index (χ0) is 19.8. The van der Waals surface area contributed by atoms with Crippen molar-refractivity contribution < 1.29 is 9.59 Å². The van der Waals surface area contributed by atoms with Crippen molar-refractivity contribution in [3.8, 4) is 0 Å². The number of aryl methyl sites for hydroxylation is 1. The summed E-state index contributed by atoms with van der Waals surface area (Å²) in [6.45, 7) is 0.658. The van der Waals surface area contributed by atoms with Gasteiger partial charge in [-0.1, -0.05) is 47.7 Å². The second kappa shape index (κ2) is 7.59. The number of aromatic nitrogens is 1. The van der Waals surface area contributed by atoms with E-state index in [9.17, 15) is 9.59 Å². The summed E-state index contributed by atoms with van der Waals surface area (Å²) in [5.74, 6) is 0.239. The lowest BCUT2D eigenvalue weighted by atomic mass is 9.97. The van der Waals surface area contributed by atoms with Gasteiger partial charge in [-0.15, -0.1) is 0 Å². The topological polar surface area (TPSA) is 62.3 Å². The Morgan fingerprint density at radius 1 is 1.10 bits per heavy atom. The predicted octanol–water partition coefficient (Wildman–Crippen LogP) is 4.35. The normalized spacial score (nSPS) is 20.8. The fourth-order valence-electron chi connectivity index (χ4n) is 4.64. The lowest BCUT2D eigenvalue weighted by molar-refractivity contribution is -0.137. The number of fused-ring (bicyclic) bond motifs is 2. The number of amides is 2. The first-order valence-corrected chi connectivity index (χ1v) is 11.0. The Labute approximate surface area is 173 Å². The third-order valence-electron chi connectivity index (χ3n) is 6.08. The van der Waals surface area contributed by atoms with Gasteiger partial charge in [0, 0.05) is 13.0 Å². The standard InChI is InChI=1S/C23H23N3O2S/c27-21(14-16-12-11-15-6-1-2-7-17(15)16)26-13-5-9-19(26)22(28)25-23-24-18-8-3-4-10-20(18)29-23/h1-4,6-8,10,16,19H,5,9,11-14H2,(H,24,25,28). The Morgan fingerprint density at radius 3 is 2.83 bits per heavy atom. The minimum atomic E-state index is -0.397. The first-order valence-electron chi connectivity index (χ1n) is 10.2. The molecule has 1 aliphatic heterocycles. The summed E-state index contributed by atoms with van der Waals surface area (Å²) in [6, 6.07) is 15.8. The third-order valence-corrected chi connectivity index (χ3v) is 7.03. The van der Waals surface area contributed by atoms with E-state index in [1.54, 1.807) is 4.90 Å². The molecule has 1 N–H and O–H groups in total. The van der Waals surface area contributed by atoms with Crippen LogP contribution < -0.4 is 5.32 Å². The predicted molar refractivity (Wildman–Crippen MR) is 115 cm³/mol. The second-order valence-electron chi connectivity index (χ2n) is 7.86. The molecule has 5 nitrogen and oxygen atoms in total. The van der Waals surface area contributed by atoms with Crippen molar-refractivity contribution in [2.75, 3.05) is 11.9 Å². The molecule has 1 aliphatic carbocycles. The van der Waals surface area contributed by atoms with Gasteiger partial charge in [-0.3, -0.25) is 9.59 Å². The summed E-state index contributed by atoms with van der Waals surface area (Å²) in [6.07, 6.45) is 4.12. The summed E-state index contributed by atoms with van der Waals surface area (Å²) in [7, 11) is 0. The number of nitrogens with zero attached hydrogens (tertiary/aromatic N) is 2. The molecule has 5 rings (SSSR count). The van der Waals surface area contributed by atoms with E-state index in [0.717, 1.165) is 29.5 Å². The summed E-state index contributed by atoms with van der Waals surface area (Å²) in [5.41, 5.74) is 3.54. The molecule has 2 heterocycles. The molecule has 0 bridgehead atoms. The number of carbonyl (C=O) groups excluding carboxylic acids is 2. The quantitative estimate of drug-likeness (QED) is 0.702. The number of nitrogens with one attached hydrogen (secondary N) is 1. The Hall–Kier alpha value is -2.73. The van der Waals surface area contributed by atoms with Gasteiger partial charge in [0.15, 0.2) is 5.13 Å². The number of thiazole rings is 1. The highest BCUT2D eigenvalue weighted by atomic mass is 32.1. The van der Waals surface area contributed by atoms with Gasteiger partial charge in [0.05, 0.1) is 10.2 Å². The number of rotatable bonds is 4. The summed E-state index contributed by atoms with van der Waals surface area (Å²) < 4.78 is 1.04. The molecule has 2 amide bonds. The smallest absolute Gasteiger partial charge is 0.248 e. The van der Waals surface area contributed by atoms with Crippen molar-refractivity contribution in [3.05, 3.63) is 59.7 Å². The Kier molecular flexibility index (Phi) is 4.79. The van der Waals surface area contributed by atoms with Gasteiger partial charge in [-0.05, 0) is 54.9 Å². The van der Waals surface area contributed by atoms with Gasteiger partial charge in [0.1, 0.15) is 6.04 Å². The molecule has 0 saturated carbocycles. The minimum Gasteiger partial charge on any atom is -0.331 e. The Bertz CT molecular complexity index is 1040. The third kappa shape index (κ3) is 3.53. The van der Waals surface area contributed by atoms with Crippen LogP contribution in [-0.2, 0) is 16.0 Å². The maximum atomic E-state index is 13.1. The molecule has 29 heavy (non-hydrogen) atoms. The number of para-hydroxylation sites is 1. The van der Waals surface area contributed by atoms with Crippen molar-refractivity contribution in [1.29, 1.82) is 0 Å². The number of hydrogen-bond donors (Lipinski definition) is 1. The lowest BCUT2D eigenvalue weighted by Gasteiger charge is -2.25. The summed E-state index contributed by atoms with van der Waals surface area (Å²) in [5, 5.41) is 3.54. The van der Waals surface area contributed by atoms with E-state index >= 15 is 0 Å². The maximum absolute atomic E-state index is 13.1. The van der Waals surface area contributed by atoms with Gasteiger partial charge >= 0.3 is 0 Å². The maximum Gasteiger partial charge on any atom is 0.248 e. The van der Waals surface area contributed by atoms with Crippen molar-refractivity contribution in [2.45, 2.75) is 44.1 Å². The lowest BCUT2D eigenvalue weighted by Crippen LogP contribution is -2.43. The highest BCUT2D eigenvalue weighted by Crippen LogP contribution is 2.36. The highest BCUT2D eigenvalue weighted by Gasteiger charge is 2.36. The van der Waals surface area contributed by atoms with Crippen molar-refractivity contribution in [1.82, 2.24) is 9.88 Å². The molecule has 2 unspecified atom stereocenters. The molecular formula is C23H23N3O2S. The van der Waals surface area contributed by atoms with Gasteiger partial charge in [0.25, 0.3) is 0 Å². The summed E-state index contributed by atoms with van der Waals surface area (Å²) >= 11 is 1.47. The van der Waals surface area contributed by atoms with Crippen LogP contribution >= 0.6 is 11.3 Å². The SMILES string of the molecule is O=C(Nc1nc2ccccc2s1)C1CCCN1C(=O)CC1CCc2ccccc21. The van der Waals surface area contributed by atoms with Gasteiger partial charge in [0.2, 0.25) is 11.8 Å². The van der Waals surface area contributed by atoms with E-state index in [1.165, 1.54) is 22.5 Å². The van der Waals surface area contributed by atoms with Gasteiger partial charge < -0.3 is 10.2 Å². The van der Waals surface area contributed by atoms with E-state index in [2.05, 4.69) is 28.5 Å². The molecule has 3 aromatic rings. The number of benzene rings is 2. The van der Waals surface area contributed by atoms with Crippen LogP contribution in [0.25, 0.3) is 10.2 Å². The number of likely N-dealkylation sites (tertiary alicyclic amines) is 1. The van der Waals surface area contributed by atoms with Crippen LogP contribution in [0.15, 0.2) is 48.5 Å². The molecule has 1 saturated heterocycles. The highest BCUT2D eigenvalue weighted by molar-refractivity contribution is 7.22. The van der Waals surface area contributed by atoms with Gasteiger partial charge in [-0.25, -0.2) is 4.98 Å². The van der Waals surface area contributed by atoms with Crippen molar-refractivity contribution in [2.24, 2.45) is 0 Å². The fraction of sp³-hybridized carbons (Fsp3) is 0.348. The van der Waals surface area contributed by atoms with Crippen LogP contribution in [0, 0.1) is 0 Å². The minimum absolute atomic E-state index is 0.0913. The number of hydrogen-bond acceptors (Lipinski definition) is 4. The molecule has 0 radical (unpaired) electrons. The summed E-state index contributed by atoms with van der Waals surface area (Å²) in [4.78, 5) is 32.2. The van der Waals surface area contributed by atoms with Crippen LogP contribution in [-0.4, -0.2) is 34.3 Å². The van der Waals surface area contributed by atoms with Crippen molar-refractivity contribution in [3.63, 3.8) is 0 Å². The largest absolute Gasteiger partial charge is 0.331 e. The Morgan fingerprint density at radius 2 is 1.93 bits per heavy atom. The monoisotopic (exact) mass is 405 g/mol. The fourth-order valence-corrected chi connectivity index (χ4v) is 5.51. The molecule has 1 fully saturated rings. The molecule has 2 aromatic carbocycles. The first-order chi connectivity index (χ1) is 14.2. The zero-order valence-corrected chi connectivity index (χ0v) is 17.0. The van der Waals surface area contributed by atoms with E-state index in [4.69, 9.17) is 0 Å². The average Bonchev–Trinajstić information content (AvgIpc) is 3.46. The molecule has 2 aliphatic rings. The van der Waals surface area contributed by atoms with E-state index in [-0.39, 0.29) is 17.7 Å². The molecule has 0 spiro atoms. The van der Waals surface area contributed by atoms with Crippen LogP contribution in [0.5, 0.6) is 0 Å². The van der Waals surface area contributed by atoms with Crippen LogP contribution in [0.3, 0.4) is 0 Å². The van der Waals surface area contributed by atoms with Crippen LogP contribution in [0.2, 0.25) is 0 Å². The second-order valence-corrected chi connectivity index (χ2v) is 8.89. The number of carbonyl (C=O) groups is 2. The zero-order valence-electron chi connectivity index (χ0n) is 16.1. The molecule has 2 atom stereocenters. The average molecular weight is 406 g/mol. The molecular weight excluding hydrogens is 382 g/mol. The van der Waals surface area contributed by atoms with E-state index in [0.29, 0.717) is 24.5 Å². The van der Waals surface area contributed by atoms with Crippen LogP contribution in [0.4, 0.5) is 5.13 Å². The van der Waals surface area contributed by atoms with Crippen LogP contribution in [0.1, 0.15) is 42.7 Å². The molecule has 6 heteroatoms. The van der Waals surface area contributed by atoms with Crippen molar-refractivity contribution >= 4 is 38.5 Å². The van der Waals surface area contributed by atoms with E-state index < -0.39 is 6.04 Å². The number of anilines is 1. The molecule has 1 aromatic heterocycles.